The second kappa shape index (κ2) is 5.51. The van der Waals surface area contributed by atoms with Gasteiger partial charge in [0.2, 0.25) is 0 Å². The fourth-order valence-electron chi connectivity index (χ4n) is 1.59. The van der Waals surface area contributed by atoms with E-state index in [9.17, 15) is 0 Å². The maximum Gasteiger partial charge on any atom is 0.0698 e. The topological polar surface area (TPSA) is 32.7 Å². The van der Waals surface area contributed by atoms with Crippen LogP contribution in [-0.4, -0.2) is 49.5 Å². The van der Waals surface area contributed by atoms with E-state index in [-0.39, 0.29) is 6.61 Å². The average molecular weight is 173 g/mol. The smallest absolute Gasteiger partial charge is 0.0698 e. The molecule has 0 radical (unpaired) electrons. The Morgan fingerprint density at radius 3 is 2.92 bits per heavy atom. The zero-order chi connectivity index (χ0) is 8.81. The zero-order valence-electron chi connectivity index (χ0n) is 7.83. The van der Waals surface area contributed by atoms with Crippen molar-refractivity contribution in [3.8, 4) is 0 Å². The molecule has 1 aliphatic rings. The van der Waals surface area contributed by atoms with E-state index in [0.29, 0.717) is 6.61 Å². The highest BCUT2D eigenvalue weighted by Crippen LogP contribution is 2.13. The second-order valence-electron chi connectivity index (χ2n) is 3.53. The third-order valence-electron chi connectivity index (χ3n) is 2.30. The quantitative estimate of drug-likeness (QED) is 0.608. The molecule has 72 valence electrons. The minimum Gasteiger partial charge on any atom is -0.394 e. The summed E-state index contributed by atoms with van der Waals surface area (Å²) in [6.45, 7) is 7.10. The minimum absolute atomic E-state index is 0.135. The predicted molar refractivity (Wildman–Crippen MR) is 48.1 cm³/mol. The van der Waals surface area contributed by atoms with Crippen LogP contribution in [0.15, 0.2) is 0 Å². The van der Waals surface area contributed by atoms with Crippen molar-refractivity contribution in [3.05, 3.63) is 0 Å². The molecular weight excluding hydrogens is 154 g/mol. The Labute approximate surface area is 74.3 Å². The van der Waals surface area contributed by atoms with Crippen molar-refractivity contribution in [2.45, 2.75) is 13.3 Å². The molecule has 1 fully saturated rings. The molecule has 1 aliphatic heterocycles. The molecule has 12 heavy (non-hydrogen) atoms. The summed E-state index contributed by atoms with van der Waals surface area (Å²) < 4.78 is 5.19. The van der Waals surface area contributed by atoms with Gasteiger partial charge in [0, 0.05) is 13.1 Å². The lowest BCUT2D eigenvalue weighted by Gasteiger charge is -2.14. The molecular formula is C9H19NO2. The number of aliphatic hydroxyl groups excluding tert-OH is 1. The third-order valence-corrected chi connectivity index (χ3v) is 2.30. The maximum absolute atomic E-state index is 8.46. The maximum atomic E-state index is 8.46. The molecule has 1 rings (SSSR count). The van der Waals surface area contributed by atoms with E-state index in [2.05, 4.69) is 11.8 Å². The van der Waals surface area contributed by atoms with Gasteiger partial charge in [-0.1, -0.05) is 6.92 Å². The second-order valence-corrected chi connectivity index (χ2v) is 3.53. The monoisotopic (exact) mass is 173 g/mol. The number of hydrogen-bond donors (Lipinski definition) is 1. The van der Waals surface area contributed by atoms with Gasteiger partial charge >= 0.3 is 0 Å². The highest BCUT2D eigenvalue weighted by Gasteiger charge is 2.17. The zero-order valence-corrected chi connectivity index (χ0v) is 7.83. The van der Waals surface area contributed by atoms with Crippen LogP contribution in [0.1, 0.15) is 13.3 Å². The van der Waals surface area contributed by atoms with Crippen molar-refractivity contribution < 1.29 is 9.84 Å². The number of hydrogen-bond acceptors (Lipinski definition) is 3. The summed E-state index contributed by atoms with van der Waals surface area (Å²) >= 11 is 0. The van der Waals surface area contributed by atoms with Gasteiger partial charge in [-0.05, 0) is 18.9 Å². The largest absolute Gasteiger partial charge is 0.394 e. The van der Waals surface area contributed by atoms with Crippen LogP contribution in [0.5, 0.6) is 0 Å². The van der Waals surface area contributed by atoms with Gasteiger partial charge in [0.1, 0.15) is 0 Å². The molecule has 1 N–H and O–H groups in total. The molecule has 3 nitrogen and oxygen atoms in total. The summed E-state index contributed by atoms with van der Waals surface area (Å²) in [6.07, 6.45) is 1.32. The van der Waals surface area contributed by atoms with Crippen LogP contribution in [0.25, 0.3) is 0 Å². The van der Waals surface area contributed by atoms with Gasteiger partial charge in [-0.3, -0.25) is 0 Å². The first-order valence-electron chi connectivity index (χ1n) is 4.74. The molecule has 1 heterocycles. The van der Waals surface area contributed by atoms with Crippen molar-refractivity contribution in [2.24, 2.45) is 5.92 Å². The molecule has 0 aromatic rings. The highest BCUT2D eigenvalue weighted by atomic mass is 16.5. The fraction of sp³-hybridized carbons (Fsp3) is 1.00. The van der Waals surface area contributed by atoms with Gasteiger partial charge in [0.05, 0.1) is 19.8 Å². The molecule has 0 aromatic carbocycles. The van der Waals surface area contributed by atoms with Crippen LogP contribution in [0.4, 0.5) is 0 Å². The number of aliphatic hydroxyl groups is 1. The van der Waals surface area contributed by atoms with Crippen molar-refractivity contribution in [3.63, 3.8) is 0 Å². The molecule has 0 bridgehead atoms. The number of nitrogens with zero attached hydrogens (tertiary/aromatic N) is 1. The summed E-state index contributed by atoms with van der Waals surface area (Å²) in [5, 5.41) is 8.46. The Morgan fingerprint density at radius 1 is 1.50 bits per heavy atom. The van der Waals surface area contributed by atoms with E-state index >= 15 is 0 Å². The molecule has 0 aromatic heterocycles. The lowest BCUT2D eigenvalue weighted by atomic mass is 10.2. The summed E-state index contributed by atoms with van der Waals surface area (Å²) in [6, 6.07) is 0. The van der Waals surface area contributed by atoms with Crippen molar-refractivity contribution >= 4 is 0 Å². The normalized spacial score (nSPS) is 25.0. The number of rotatable bonds is 5. The first kappa shape index (κ1) is 9.96. The standard InChI is InChI=1S/C9H19NO2/c1-9-2-3-10(8-9)4-6-12-7-5-11/h9,11H,2-8H2,1H3. The Bertz CT molecular complexity index is 119. The van der Waals surface area contributed by atoms with E-state index < -0.39 is 0 Å². The Morgan fingerprint density at radius 2 is 2.33 bits per heavy atom. The van der Waals surface area contributed by atoms with Crippen molar-refractivity contribution in [1.82, 2.24) is 4.90 Å². The van der Waals surface area contributed by atoms with Crippen LogP contribution in [0.3, 0.4) is 0 Å². The SMILES string of the molecule is CC1CCN(CCOCCO)C1. The first-order chi connectivity index (χ1) is 5.83. The van der Waals surface area contributed by atoms with Crippen LogP contribution in [0, 0.1) is 5.92 Å². The minimum atomic E-state index is 0.135. The first-order valence-corrected chi connectivity index (χ1v) is 4.74. The van der Waals surface area contributed by atoms with Crippen LogP contribution in [-0.2, 0) is 4.74 Å². The predicted octanol–water partition coefficient (Wildman–Crippen LogP) is 0.337. The molecule has 0 aliphatic carbocycles. The molecule has 3 heteroatoms. The molecule has 1 saturated heterocycles. The van der Waals surface area contributed by atoms with Gasteiger partial charge in [-0.2, -0.15) is 0 Å². The summed E-state index contributed by atoms with van der Waals surface area (Å²) in [5.41, 5.74) is 0. The molecule has 0 spiro atoms. The van der Waals surface area contributed by atoms with Crippen molar-refractivity contribution in [1.29, 1.82) is 0 Å². The Balaban J connectivity index is 1.93. The number of likely N-dealkylation sites (tertiary alicyclic amines) is 1. The van der Waals surface area contributed by atoms with Gasteiger partial charge in [-0.25, -0.2) is 0 Å². The summed E-state index contributed by atoms with van der Waals surface area (Å²) in [5.74, 6) is 0.850. The summed E-state index contributed by atoms with van der Waals surface area (Å²) in [7, 11) is 0. The van der Waals surface area contributed by atoms with Gasteiger partial charge in [0.15, 0.2) is 0 Å². The van der Waals surface area contributed by atoms with E-state index in [1.807, 2.05) is 0 Å². The lowest BCUT2D eigenvalue weighted by Crippen LogP contribution is -2.25. The average Bonchev–Trinajstić information content (AvgIpc) is 2.45. The van der Waals surface area contributed by atoms with E-state index in [0.717, 1.165) is 19.1 Å². The van der Waals surface area contributed by atoms with E-state index in [1.165, 1.54) is 19.5 Å². The van der Waals surface area contributed by atoms with Gasteiger partial charge in [0.25, 0.3) is 0 Å². The molecule has 1 atom stereocenters. The van der Waals surface area contributed by atoms with Gasteiger partial charge < -0.3 is 14.7 Å². The molecule has 0 amide bonds. The highest BCUT2D eigenvalue weighted by molar-refractivity contribution is 4.71. The van der Waals surface area contributed by atoms with Crippen LogP contribution >= 0.6 is 0 Å². The molecule has 0 saturated carbocycles. The van der Waals surface area contributed by atoms with Crippen molar-refractivity contribution in [2.75, 3.05) is 39.5 Å². The summed E-state index contributed by atoms with van der Waals surface area (Å²) in [4.78, 5) is 2.42. The van der Waals surface area contributed by atoms with Gasteiger partial charge in [-0.15, -0.1) is 0 Å². The number of ether oxygens (including phenoxy) is 1. The van der Waals surface area contributed by atoms with Crippen LogP contribution in [0.2, 0.25) is 0 Å². The van der Waals surface area contributed by atoms with Crippen LogP contribution < -0.4 is 0 Å². The third kappa shape index (κ3) is 3.52. The Kier molecular flexibility index (Phi) is 4.58. The molecule has 1 unspecified atom stereocenters. The van der Waals surface area contributed by atoms with E-state index in [1.54, 1.807) is 0 Å². The fourth-order valence-corrected chi connectivity index (χ4v) is 1.59. The Hall–Kier alpha value is -0.120. The van der Waals surface area contributed by atoms with E-state index in [4.69, 9.17) is 9.84 Å². The lowest BCUT2D eigenvalue weighted by molar-refractivity contribution is 0.0776.